The van der Waals surface area contributed by atoms with E-state index in [1.807, 2.05) is 48.5 Å². The maximum atomic E-state index is 12.8. The van der Waals surface area contributed by atoms with Crippen molar-refractivity contribution >= 4 is 46.9 Å². The second-order valence-electron chi connectivity index (χ2n) is 8.04. The molecule has 0 aliphatic heterocycles. The molecule has 0 spiro atoms. The van der Waals surface area contributed by atoms with Crippen LogP contribution in [0.15, 0.2) is 60.7 Å². The number of halogens is 2. The number of rotatable bonds is 7. The molecule has 180 valence electrons. The number of alkyl carbamates (subject to hydrolysis) is 1. The molecule has 0 saturated carbocycles. The molecule has 3 N–H and O–H groups in total. The van der Waals surface area contributed by atoms with Crippen molar-refractivity contribution in [2.45, 2.75) is 25.3 Å². The summed E-state index contributed by atoms with van der Waals surface area (Å²) in [6.45, 7) is 1.81. The lowest BCUT2D eigenvalue weighted by Gasteiger charge is -2.19. The Balaban J connectivity index is 1.43. The van der Waals surface area contributed by atoms with Crippen molar-refractivity contribution in [1.82, 2.24) is 5.32 Å². The van der Waals surface area contributed by atoms with Gasteiger partial charge in [0.2, 0.25) is 5.91 Å². The van der Waals surface area contributed by atoms with E-state index in [0.717, 1.165) is 22.3 Å². The Morgan fingerprint density at radius 3 is 2.17 bits per heavy atom. The van der Waals surface area contributed by atoms with Crippen LogP contribution >= 0.6 is 23.2 Å². The van der Waals surface area contributed by atoms with E-state index in [9.17, 15) is 19.5 Å². The Bertz CT molecular complexity index is 1270. The Labute approximate surface area is 212 Å². The quantitative estimate of drug-likeness (QED) is 0.362. The topological polar surface area (TPSA) is 105 Å². The molecule has 0 unspecified atom stereocenters. The van der Waals surface area contributed by atoms with Gasteiger partial charge in [-0.25, -0.2) is 9.59 Å². The lowest BCUT2D eigenvalue weighted by molar-refractivity contribution is -0.118. The summed E-state index contributed by atoms with van der Waals surface area (Å²) in [6, 6.07) is 17.5. The smallest absolute Gasteiger partial charge is 0.407 e. The van der Waals surface area contributed by atoms with Crippen LogP contribution in [0.2, 0.25) is 10.0 Å². The Morgan fingerprint density at radius 1 is 1.00 bits per heavy atom. The summed E-state index contributed by atoms with van der Waals surface area (Å²) in [4.78, 5) is 37.0. The minimum absolute atomic E-state index is 0.0285. The maximum Gasteiger partial charge on any atom is 0.407 e. The maximum absolute atomic E-state index is 12.8. The van der Waals surface area contributed by atoms with Crippen LogP contribution < -0.4 is 10.6 Å². The zero-order chi connectivity index (χ0) is 25.1. The van der Waals surface area contributed by atoms with Crippen molar-refractivity contribution in [1.29, 1.82) is 0 Å². The Morgan fingerprint density at radius 2 is 1.60 bits per heavy atom. The molecule has 0 radical (unpaired) electrons. The minimum atomic E-state index is -1.30. The molecule has 0 fully saturated rings. The van der Waals surface area contributed by atoms with E-state index in [-0.39, 0.29) is 40.2 Å². The van der Waals surface area contributed by atoms with Gasteiger partial charge in [0, 0.05) is 10.9 Å². The predicted molar refractivity (Wildman–Crippen MR) is 134 cm³/mol. The van der Waals surface area contributed by atoms with Gasteiger partial charge in [-0.05, 0) is 40.8 Å². The van der Waals surface area contributed by atoms with Crippen LogP contribution in [0.25, 0.3) is 11.1 Å². The van der Waals surface area contributed by atoms with Crippen LogP contribution in [0.1, 0.15) is 40.7 Å². The SMILES string of the molecule is CC[C@H](NC(=O)OCC1c2ccccc2-c2ccccc21)C(=O)Nc1c(Cl)cc(Cl)cc1C(=O)O. The fourth-order valence-electron chi connectivity index (χ4n) is 4.21. The van der Waals surface area contributed by atoms with Crippen LogP contribution in [0.4, 0.5) is 10.5 Å². The average molecular weight is 513 g/mol. The van der Waals surface area contributed by atoms with E-state index < -0.39 is 24.0 Å². The monoisotopic (exact) mass is 512 g/mol. The van der Waals surface area contributed by atoms with Crippen molar-refractivity contribution in [3.05, 3.63) is 87.4 Å². The second-order valence-corrected chi connectivity index (χ2v) is 8.88. The molecule has 4 rings (SSSR count). The number of hydrogen-bond donors (Lipinski definition) is 3. The third-order valence-corrected chi connectivity index (χ3v) is 6.41. The van der Waals surface area contributed by atoms with Gasteiger partial charge in [0.1, 0.15) is 12.6 Å². The lowest BCUT2D eigenvalue weighted by atomic mass is 9.98. The zero-order valence-electron chi connectivity index (χ0n) is 18.7. The van der Waals surface area contributed by atoms with Gasteiger partial charge in [0.15, 0.2) is 0 Å². The molecule has 0 saturated heterocycles. The first-order valence-electron chi connectivity index (χ1n) is 10.9. The summed E-state index contributed by atoms with van der Waals surface area (Å²) in [5, 5.41) is 14.5. The number of fused-ring (bicyclic) bond motifs is 3. The van der Waals surface area contributed by atoms with Gasteiger partial charge >= 0.3 is 12.1 Å². The fraction of sp³-hybridized carbons (Fsp3) is 0.192. The van der Waals surface area contributed by atoms with Gasteiger partial charge in [-0.15, -0.1) is 0 Å². The number of benzene rings is 3. The molecular weight excluding hydrogens is 491 g/mol. The molecule has 3 aromatic rings. The predicted octanol–water partition coefficient (Wildman–Crippen LogP) is 5.95. The fourth-order valence-corrected chi connectivity index (χ4v) is 4.76. The molecule has 3 aromatic carbocycles. The Hall–Kier alpha value is -3.55. The number of carboxylic acid groups (broad SMARTS) is 1. The number of carboxylic acids is 1. The molecule has 35 heavy (non-hydrogen) atoms. The molecule has 7 nitrogen and oxygen atoms in total. The highest BCUT2D eigenvalue weighted by atomic mass is 35.5. The van der Waals surface area contributed by atoms with Crippen molar-refractivity contribution in [2.75, 3.05) is 11.9 Å². The van der Waals surface area contributed by atoms with Crippen LogP contribution in [0, 0.1) is 0 Å². The van der Waals surface area contributed by atoms with Crippen molar-refractivity contribution in [3.63, 3.8) is 0 Å². The summed E-state index contributed by atoms with van der Waals surface area (Å²) >= 11 is 12.0. The van der Waals surface area contributed by atoms with Gasteiger partial charge < -0.3 is 20.5 Å². The number of carbonyl (C=O) groups is 3. The largest absolute Gasteiger partial charge is 0.478 e. The molecule has 0 aromatic heterocycles. The average Bonchev–Trinajstić information content (AvgIpc) is 3.16. The van der Waals surface area contributed by atoms with E-state index in [0.29, 0.717) is 0 Å². The first kappa shape index (κ1) is 24.6. The molecule has 2 amide bonds. The molecule has 1 aliphatic rings. The first-order chi connectivity index (χ1) is 16.8. The van der Waals surface area contributed by atoms with E-state index in [4.69, 9.17) is 27.9 Å². The third-order valence-electron chi connectivity index (χ3n) is 5.89. The van der Waals surface area contributed by atoms with Gasteiger partial charge in [-0.3, -0.25) is 4.79 Å². The van der Waals surface area contributed by atoms with E-state index in [1.54, 1.807) is 6.92 Å². The summed E-state index contributed by atoms with van der Waals surface area (Å²) in [7, 11) is 0. The first-order valence-corrected chi connectivity index (χ1v) is 11.7. The van der Waals surface area contributed by atoms with Gasteiger partial charge in [0.25, 0.3) is 0 Å². The van der Waals surface area contributed by atoms with Crippen molar-refractivity contribution in [3.8, 4) is 11.1 Å². The number of carbonyl (C=O) groups excluding carboxylic acids is 2. The van der Waals surface area contributed by atoms with Crippen LogP contribution in [-0.4, -0.2) is 35.7 Å². The third kappa shape index (κ3) is 5.11. The molecule has 1 atom stereocenters. The summed E-state index contributed by atoms with van der Waals surface area (Å²) in [6.07, 6.45) is -0.515. The number of ether oxygens (including phenoxy) is 1. The Kier molecular flexibility index (Phi) is 7.28. The van der Waals surface area contributed by atoms with Crippen LogP contribution in [-0.2, 0) is 9.53 Å². The molecule has 9 heteroatoms. The zero-order valence-corrected chi connectivity index (χ0v) is 20.2. The lowest BCUT2D eigenvalue weighted by Crippen LogP contribution is -2.44. The number of amides is 2. The van der Waals surface area contributed by atoms with E-state index in [1.165, 1.54) is 12.1 Å². The van der Waals surface area contributed by atoms with Crippen LogP contribution in [0.5, 0.6) is 0 Å². The van der Waals surface area contributed by atoms with Crippen LogP contribution in [0.3, 0.4) is 0 Å². The minimum Gasteiger partial charge on any atom is -0.478 e. The van der Waals surface area contributed by atoms with Gasteiger partial charge in [0.05, 0.1) is 16.3 Å². The molecule has 0 bridgehead atoms. The standard InChI is InChI=1S/C26H22Cl2N2O5/c1-2-22(24(31)30-23-19(25(32)33)11-14(27)12-21(23)28)29-26(34)35-13-20-17-9-5-3-7-15(17)16-8-4-6-10-18(16)20/h3-12,20,22H,2,13H2,1H3,(H,29,34)(H,30,31)(H,32,33)/t22-/m0/s1. The number of aromatic carboxylic acids is 1. The second kappa shape index (κ2) is 10.4. The number of nitrogens with one attached hydrogen (secondary N) is 2. The number of hydrogen-bond acceptors (Lipinski definition) is 4. The highest BCUT2D eigenvalue weighted by Gasteiger charge is 2.30. The summed E-state index contributed by atoms with van der Waals surface area (Å²) < 4.78 is 5.51. The van der Waals surface area contributed by atoms with Gasteiger partial charge in [-0.2, -0.15) is 0 Å². The number of anilines is 1. The summed E-state index contributed by atoms with van der Waals surface area (Å²) in [5.41, 5.74) is 4.01. The van der Waals surface area contributed by atoms with E-state index >= 15 is 0 Å². The van der Waals surface area contributed by atoms with Crippen molar-refractivity contribution < 1.29 is 24.2 Å². The van der Waals surface area contributed by atoms with E-state index in [2.05, 4.69) is 10.6 Å². The summed E-state index contributed by atoms with van der Waals surface area (Å²) in [5.74, 6) is -2.05. The molecule has 1 aliphatic carbocycles. The normalized spacial score (nSPS) is 12.9. The molecule has 0 heterocycles. The highest BCUT2D eigenvalue weighted by molar-refractivity contribution is 6.37. The van der Waals surface area contributed by atoms with Crippen molar-refractivity contribution in [2.24, 2.45) is 0 Å². The highest BCUT2D eigenvalue weighted by Crippen LogP contribution is 2.44. The molecular formula is C26H22Cl2N2O5. The van der Waals surface area contributed by atoms with Gasteiger partial charge in [-0.1, -0.05) is 78.7 Å².